The summed E-state index contributed by atoms with van der Waals surface area (Å²) in [6.07, 6.45) is 0. The quantitative estimate of drug-likeness (QED) is 0.725. The number of imidazole rings is 1. The molecule has 136 valence electrons. The zero-order chi connectivity index (χ0) is 17.8. The molecule has 0 saturated carbocycles. The normalized spacial score (nSPS) is 17.7. The lowest BCUT2D eigenvalue weighted by molar-refractivity contribution is 0.0934. The maximum Gasteiger partial charge on any atom is 0.323 e. The Kier molecular flexibility index (Phi) is 5.55. The molecule has 2 aromatic rings. The van der Waals surface area contributed by atoms with Gasteiger partial charge >= 0.3 is 5.69 Å². The van der Waals surface area contributed by atoms with E-state index in [-0.39, 0.29) is 11.6 Å². The average molecular weight is 345 g/mol. The third-order valence-corrected chi connectivity index (χ3v) is 4.87. The molecule has 1 aromatic carbocycles. The highest BCUT2D eigenvalue weighted by Gasteiger charge is 2.18. The van der Waals surface area contributed by atoms with Gasteiger partial charge in [0, 0.05) is 44.8 Å². The van der Waals surface area contributed by atoms with E-state index in [1.165, 1.54) is 0 Å². The van der Waals surface area contributed by atoms with Crippen LogP contribution in [-0.4, -0.2) is 71.5 Å². The largest absolute Gasteiger partial charge is 0.352 e. The van der Waals surface area contributed by atoms with Crippen molar-refractivity contribution in [2.75, 3.05) is 45.8 Å². The summed E-state index contributed by atoms with van der Waals surface area (Å²) in [4.78, 5) is 33.9. The van der Waals surface area contributed by atoms with Crippen molar-refractivity contribution >= 4 is 16.9 Å². The fraction of sp³-hybridized carbons (Fsp3) is 0.556. The zero-order valence-electron chi connectivity index (χ0n) is 15.0. The standard InChI is InChI=1S/C18H27N5O2/c1-3-22-6-8-23(9-7-22)12-13(2)11-19-17(24)14-4-5-15-16(10-14)21-18(25)20-15/h4-5,10,13H,3,6-9,11-12H2,1-2H3,(H,19,24)(H2,20,21,25)/t13-/m1/s1. The summed E-state index contributed by atoms with van der Waals surface area (Å²) in [5, 5.41) is 3.00. The lowest BCUT2D eigenvalue weighted by Crippen LogP contribution is -2.48. The monoisotopic (exact) mass is 345 g/mol. The number of nitrogens with one attached hydrogen (secondary N) is 3. The molecule has 7 heteroatoms. The van der Waals surface area contributed by atoms with Gasteiger partial charge < -0.3 is 25.1 Å². The first kappa shape index (κ1) is 17.7. The summed E-state index contributed by atoms with van der Waals surface area (Å²) in [6.45, 7) is 11.6. The van der Waals surface area contributed by atoms with Gasteiger partial charge in [0.25, 0.3) is 5.91 Å². The van der Waals surface area contributed by atoms with Crippen LogP contribution < -0.4 is 11.0 Å². The SMILES string of the molecule is CCN1CCN(C[C@H](C)CNC(=O)c2ccc3[nH]c(=O)[nH]c3c2)CC1. The highest BCUT2D eigenvalue weighted by atomic mass is 16.2. The molecule has 1 aromatic heterocycles. The van der Waals surface area contributed by atoms with E-state index in [2.05, 4.69) is 38.9 Å². The van der Waals surface area contributed by atoms with Gasteiger partial charge in [-0.1, -0.05) is 13.8 Å². The number of hydrogen-bond acceptors (Lipinski definition) is 4. The fourth-order valence-electron chi connectivity index (χ4n) is 3.34. The Hall–Kier alpha value is -2.12. The minimum atomic E-state index is -0.260. The number of carbonyl (C=O) groups excluding carboxylic acids is 1. The smallest absolute Gasteiger partial charge is 0.323 e. The number of H-pyrrole nitrogens is 2. The van der Waals surface area contributed by atoms with Crippen molar-refractivity contribution in [2.45, 2.75) is 13.8 Å². The van der Waals surface area contributed by atoms with Crippen LogP contribution in [0, 0.1) is 5.92 Å². The molecule has 1 fully saturated rings. The van der Waals surface area contributed by atoms with Gasteiger partial charge in [0.15, 0.2) is 0 Å². The number of piperazine rings is 1. The van der Waals surface area contributed by atoms with Gasteiger partial charge in [0.05, 0.1) is 11.0 Å². The van der Waals surface area contributed by atoms with Gasteiger partial charge in [-0.05, 0) is 30.7 Å². The summed E-state index contributed by atoms with van der Waals surface area (Å²) >= 11 is 0. The van der Waals surface area contributed by atoms with Gasteiger partial charge in [0.1, 0.15) is 0 Å². The van der Waals surface area contributed by atoms with Crippen LogP contribution in [0.15, 0.2) is 23.0 Å². The third kappa shape index (κ3) is 4.49. The molecule has 1 aliphatic rings. The lowest BCUT2D eigenvalue weighted by atomic mass is 10.1. The molecule has 2 heterocycles. The van der Waals surface area contributed by atoms with Crippen molar-refractivity contribution < 1.29 is 4.79 Å². The van der Waals surface area contributed by atoms with E-state index >= 15 is 0 Å². The van der Waals surface area contributed by atoms with E-state index in [0.717, 1.165) is 39.3 Å². The van der Waals surface area contributed by atoms with Crippen LogP contribution in [0.25, 0.3) is 11.0 Å². The number of likely N-dealkylation sites (N-methyl/N-ethyl adjacent to an activating group) is 1. The van der Waals surface area contributed by atoms with Crippen LogP contribution in [0.1, 0.15) is 24.2 Å². The minimum absolute atomic E-state index is 0.105. The molecule has 0 spiro atoms. The molecule has 25 heavy (non-hydrogen) atoms. The van der Waals surface area contributed by atoms with Gasteiger partial charge in [-0.3, -0.25) is 4.79 Å². The fourth-order valence-corrected chi connectivity index (χ4v) is 3.34. The summed E-state index contributed by atoms with van der Waals surface area (Å²) in [7, 11) is 0. The number of amides is 1. The van der Waals surface area contributed by atoms with Crippen LogP contribution >= 0.6 is 0 Å². The van der Waals surface area contributed by atoms with E-state index in [4.69, 9.17) is 0 Å². The molecule has 1 aliphatic heterocycles. The predicted octanol–water partition coefficient (Wildman–Crippen LogP) is 0.860. The van der Waals surface area contributed by atoms with Gasteiger partial charge in [-0.15, -0.1) is 0 Å². The molecule has 0 bridgehead atoms. The van der Waals surface area contributed by atoms with Crippen LogP contribution in [0.2, 0.25) is 0 Å². The number of aromatic amines is 2. The number of rotatable bonds is 6. The van der Waals surface area contributed by atoms with E-state index in [0.29, 0.717) is 29.1 Å². The lowest BCUT2D eigenvalue weighted by Gasteiger charge is -2.35. The molecular formula is C18H27N5O2. The van der Waals surface area contributed by atoms with Crippen molar-refractivity contribution in [1.29, 1.82) is 0 Å². The third-order valence-electron chi connectivity index (χ3n) is 4.87. The van der Waals surface area contributed by atoms with E-state index in [1.807, 2.05) is 0 Å². The number of nitrogens with zero attached hydrogens (tertiary/aromatic N) is 2. The van der Waals surface area contributed by atoms with Crippen LogP contribution in [0.3, 0.4) is 0 Å². The molecule has 0 aliphatic carbocycles. The number of carbonyl (C=O) groups is 1. The zero-order valence-corrected chi connectivity index (χ0v) is 15.0. The summed E-state index contributed by atoms with van der Waals surface area (Å²) in [5.74, 6) is 0.291. The Morgan fingerprint density at radius 1 is 1.16 bits per heavy atom. The second kappa shape index (κ2) is 7.84. The Morgan fingerprint density at radius 3 is 2.56 bits per heavy atom. The number of benzene rings is 1. The van der Waals surface area contributed by atoms with Crippen LogP contribution in [-0.2, 0) is 0 Å². The number of aromatic nitrogens is 2. The maximum atomic E-state index is 12.3. The van der Waals surface area contributed by atoms with E-state index < -0.39 is 0 Å². The van der Waals surface area contributed by atoms with Crippen molar-refractivity contribution in [3.63, 3.8) is 0 Å². The Labute approximate surface area is 147 Å². The molecule has 1 amide bonds. The molecule has 0 radical (unpaired) electrons. The molecule has 3 N–H and O–H groups in total. The molecule has 1 saturated heterocycles. The topological polar surface area (TPSA) is 84.2 Å². The van der Waals surface area contributed by atoms with Crippen molar-refractivity contribution in [1.82, 2.24) is 25.1 Å². The molecule has 0 unspecified atom stereocenters. The molecular weight excluding hydrogens is 318 g/mol. The Morgan fingerprint density at radius 2 is 1.84 bits per heavy atom. The van der Waals surface area contributed by atoms with Crippen molar-refractivity contribution in [3.8, 4) is 0 Å². The van der Waals surface area contributed by atoms with E-state index in [1.54, 1.807) is 18.2 Å². The minimum Gasteiger partial charge on any atom is -0.352 e. The highest BCUT2D eigenvalue weighted by Crippen LogP contribution is 2.10. The average Bonchev–Trinajstić information content (AvgIpc) is 2.99. The first-order valence-electron chi connectivity index (χ1n) is 9.00. The second-order valence-corrected chi connectivity index (χ2v) is 6.89. The van der Waals surface area contributed by atoms with Gasteiger partial charge in [0.2, 0.25) is 0 Å². The highest BCUT2D eigenvalue weighted by molar-refractivity contribution is 5.97. The van der Waals surface area contributed by atoms with Crippen molar-refractivity contribution in [2.24, 2.45) is 5.92 Å². The maximum absolute atomic E-state index is 12.3. The van der Waals surface area contributed by atoms with E-state index in [9.17, 15) is 9.59 Å². The first-order valence-corrected chi connectivity index (χ1v) is 9.00. The summed E-state index contributed by atoms with van der Waals surface area (Å²) < 4.78 is 0. The van der Waals surface area contributed by atoms with Crippen molar-refractivity contribution in [3.05, 3.63) is 34.2 Å². The van der Waals surface area contributed by atoms with Crippen LogP contribution in [0.5, 0.6) is 0 Å². The van der Waals surface area contributed by atoms with Gasteiger partial charge in [-0.25, -0.2) is 4.79 Å². The molecule has 7 nitrogen and oxygen atoms in total. The predicted molar refractivity (Wildman–Crippen MR) is 99.0 cm³/mol. The number of hydrogen-bond donors (Lipinski definition) is 3. The van der Waals surface area contributed by atoms with Crippen LogP contribution in [0.4, 0.5) is 0 Å². The first-order chi connectivity index (χ1) is 12.0. The Bertz CT molecular complexity index is 773. The summed E-state index contributed by atoms with van der Waals surface area (Å²) in [6, 6.07) is 5.19. The number of fused-ring (bicyclic) bond motifs is 1. The molecule has 1 atom stereocenters. The Balaban J connectivity index is 1.48. The molecule has 3 rings (SSSR count). The summed E-state index contributed by atoms with van der Waals surface area (Å²) in [5.41, 5.74) is 1.66. The van der Waals surface area contributed by atoms with Gasteiger partial charge in [-0.2, -0.15) is 0 Å². The second-order valence-electron chi connectivity index (χ2n) is 6.89.